The lowest BCUT2D eigenvalue weighted by Gasteiger charge is -2.27. The summed E-state index contributed by atoms with van der Waals surface area (Å²) in [5.41, 5.74) is 1.24. The standard InChI is InChI=1S/C11H12F3N5O2S2/c12-11(13,14)23(20,21)19-2-1-18-4-7(16-9(18)5-19)8-6-22-10(3-15)17-8/h4,6H,1-3,5,15H2. The number of halogens is 3. The van der Waals surface area contributed by atoms with Crippen LogP contribution in [0.2, 0.25) is 0 Å². The van der Waals surface area contributed by atoms with Crippen LogP contribution in [0.4, 0.5) is 13.2 Å². The minimum absolute atomic E-state index is 0.103. The van der Waals surface area contributed by atoms with Crippen molar-refractivity contribution in [3.8, 4) is 11.4 Å². The molecular formula is C11H12F3N5O2S2. The Hall–Kier alpha value is -1.50. The Morgan fingerprint density at radius 3 is 2.61 bits per heavy atom. The molecule has 23 heavy (non-hydrogen) atoms. The molecule has 1 aliphatic heterocycles. The second-order valence-corrected chi connectivity index (χ2v) is 7.72. The fraction of sp³-hybridized carbons (Fsp3) is 0.455. The van der Waals surface area contributed by atoms with Gasteiger partial charge in [0.25, 0.3) is 0 Å². The summed E-state index contributed by atoms with van der Waals surface area (Å²) >= 11 is 1.36. The molecule has 0 saturated carbocycles. The number of hydrogen-bond donors (Lipinski definition) is 1. The first-order valence-electron chi connectivity index (χ1n) is 6.49. The van der Waals surface area contributed by atoms with E-state index < -0.39 is 22.1 Å². The van der Waals surface area contributed by atoms with Gasteiger partial charge in [-0.15, -0.1) is 11.3 Å². The molecule has 0 aromatic carbocycles. The van der Waals surface area contributed by atoms with Crippen molar-refractivity contribution in [3.05, 3.63) is 22.4 Å². The summed E-state index contributed by atoms with van der Waals surface area (Å²) in [7, 11) is -5.35. The Morgan fingerprint density at radius 1 is 1.26 bits per heavy atom. The number of hydrogen-bond acceptors (Lipinski definition) is 6. The average molecular weight is 367 g/mol. The van der Waals surface area contributed by atoms with E-state index >= 15 is 0 Å². The number of nitrogens with zero attached hydrogens (tertiary/aromatic N) is 4. The summed E-state index contributed by atoms with van der Waals surface area (Å²) in [5.74, 6) is 0.251. The van der Waals surface area contributed by atoms with Crippen LogP contribution in [-0.4, -0.2) is 39.3 Å². The largest absolute Gasteiger partial charge is 0.511 e. The Balaban J connectivity index is 1.88. The second-order valence-electron chi connectivity index (χ2n) is 4.85. The number of rotatable bonds is 3. The number of alkyl halides is 3. The molecule has 0 saturated heterocycles. The Labute approximate surface area is 133 Å². The summed E-state index contributed by atoms with van der Waals surface area (Å²) in [5, 5.41) is 2.47. The van der Waals surface area contributed by atoms with Gasteiger partial charge in [0.2, 0.25) is 0 Å². The lowest BCUT2D eigenvalue weighted by Crippen LogP contribution is -2.44. The molecule has 0 spiro atoms. The van der Waals surface area contributed by atoms with Gasteiger partial charge in [0.05, 0.1) is 6.54 Å². The summed E-state index contributed by atoms with van der Waals surface area (Å²) in [6.07, 6.45) is 1.65. The van der Waals surface area contributed by atoms with Crippen LogP contribution in [-0.2, 0) is 29.7 Å². The Bertz CT molecular complexity index is 827. The first kappa shape index (κ1) is 16.4. The number of imidazole rings is 1. The van der Waals surface area contributed by atoms with Gasteiger partial charge >= 0.3 is 15.5 Å². The molecule has 2 N–H and O–H groups in total. The maximum Gasteiger partial charge on any atom is 0.511 e. The Kier molecular flexibility index (Phi) is 3.94. The van der Waals surface area contributed by atoms with Gasteiger partial charge in [-0.2, -0.15) is 17.5 Å². The third kappa shape index (κ3) is 2.86. The van der Waals surface area contributed by atoms with E-state index in [9.17, 15) is 21.6 Å². The molecule has 0 amide bonds. The fourth-order valence-corrected chi connectivity index (χ4v) is 3.80. The highest BCUT2D eigenvalue weighted by atomic mass is 32.2. The maximum absolute atomic E-state index is 12.6. The number of aromatic nitrogens is 3. The van der Waals surface area contributed by atoms with Crippen molar-refractivity contribution in [2.75, 3.05) is 6.54 Å². The zero-order chi connectivity index (χ0) is 16.8. The molecular weight excluding hydrogens is 355 g/mol. The molecule has 2 aromatic heterocycles. The molecule has 1 aliphatic rings. The molecule has 3 heterocycles. The van der Waals surface area contributed by atoms with Crippen molar-refractivity contribution >= 4 is 21.4 Å². The number of nitrogens with two attached hydrogens (primary N) is 1. The topological polar surface area (TPSA) is 94.1 Å². The van der Waals surface area contributed by atoms with E-state index in [0.717, 1.165) is 0 Å². The van der Waals surface area contributed by atoms with Gasteiger partial charge in [-0.05, 0) is 0 Å². The van der Waals surface area contributed by atoms with E-state index in [4.69, 9.17) is 5.73 Å². The highest BCUT2D eigenvalue weighted by Gasteiger charge is 2.50. The van der Waals surface area contributed by atoms with E-state index in [0.29, 0.717) is 20.7 Å². The monoisotopic (exact) mass is 367 g/mol. The molecule has 0 bridgehead atoms. The zero-order valence-electron chi connectivity index (χ0n) is 11.6. The van der Waals surface area contributed by atoms with Gasteiger partial charge in [-0.25, -0.2) is 18.4 Å². The van der Waals surface area contributed by atoms with E-state index in [1.165, 1.54) is 11.3 Å². The molecule has 2 aromatic rings. The van der Waals surface area contributed by atoms with Gasteiger partial charge in [-0.1, -0.05) is 0 Å². The van der Waals surface area contributed by atoms with Crippen molar-refractivity contribution in [1.82, 2.24) is 18.8 Å². The average Bonchev–Trinajstić information content (AvgIpc) is 3.11. The van der Waals surface area contributed by atoms with E-state index in [1.54, 1.807) is 16.1 Å². The van der Waals surface area contributed by atoms with Crippen molar-refractivity contribution in [2.45, 2.75) is 25.1 Å². The van der Waals surface area contributed by atoms with Gasteiger partial charge in [-0.3, -0.25) is 0 Å². The highest BCUT2D eigenvalue weighted by molar-refractivity contribution is 7.89. The van der Waals surface area contributed by atoms with Gasteiger partial charge in [0.15, 0.2) is 0 Å². The molecule has 7 nitrogen and oxygen atoms in total. The summed E-state index contributed by atoms with van der Waals surface area (Å²) in [4.78, 5) is 8.46. The molecule has 0 aliphatic carbocycles. The van der Waals surface area contributed by atoms with Crippen LogP contribution < -0.4 is 5.73 Å². The molecule has 126 valence electrons. The summed E-state index contributed by atoms with van der Waals surface area (Å²) in [6.45, 7) is -0.285. The predicted octanol–water partition coefficient (Wildman–Crippen LogP) is 1.13. The second kappa shape index (κ2) is 5.54. The van der Waals surface area contributed by atoms with Gasteiger partial charge in [0, 0.05) is 31.2 Å². The van der Waals surface area contributed by atoms with Crippen molar-refractivity contribution in [3.63, 3.8) is 0 Å². The molecule has 0 atom stereocenters. The van der Waals surface area contributed by atoms with Crippen molar-refractivity contribution in [1.29, 1.82) is 0 Å². The molecule has 3 rings (SSSR count). The van der Waals surface area contributed by atoms with Crippen molar-refractivity contribution in [2.24, 2.45) is 5.73 Å². The molecule has 0 fully saturated rings. The van der Waals surface area contributed by atoms with Crippen LogP contribution in [0, 0.1) is 0 Å². The normalized spacial score (nSPS) is 16.5. The van der Waals surface area contributed by atoms with E-state index in [-0.39, 0.29) is 25.5 Å². The van der Waals surface area contributed by atoms with Gasteiger partial charge < -0.3 is 10.3 Å². The van der Waals surface area contributed by atoms with Crippen LogP contribution in [0.15, 0.2) is 11.6 Å². The molecule has 0 unspecified atom stereocenters. The van der Waals surface area contributed by atoms with E-state index in [1.807, 2.05) is 0 Å². The van der Waals surface area contributed by atoms with Crippen LogP contribution in [0.5, 0.6) is 0 Å². The SMILES string of the molecule is NCc1nc(-c2cn3c(n2)CN(S(=O)(=O)C(F)(F)F)CC3)cs1. The lowest BCUT2D eigenvalue weighted by molar-refractivity contribution is -0.0496. The van der Waals surface area contributed by atoms with Crippen LogP contribution in [0.1, 0.15) is 10.8 Å². The van der Waals surface area contributed by atoms with Crippen molar-refractivity contribution < 1.29 is 21.6 Å². The minimum atomic E-state index is -5.35. The summed E-state index contributed by atoms with van der Waals surface area (Å²) in [6, 6.07) is 0. The predicted molar refractivity (Wildman–Crippen MR) is 76.6 cm³/mol. The minimum Gasteiger partial charge on any atom is -0.332 e. The molecule has 0 radical (unpaired) electrons. The quantitative estimate of drug-likeness (QED) is 0.878. The van der Waals surface area contributed by atoms with Gasteiger partial charge in [0.1, 0.15) is 22.2 Å². The van der Waals surface area contributed by atoms with Crippen LogP contribution in [0.25, 0.3) is 11.4 Å². The highest BCUT2D eigenvalue weighted by Crippen LogP contribution is 2.30. The smallest absolute Gasteiger partial charge is 0.332 e. The third-order valence-electron chi connectivity index (χ3n) is 3.39. The maximum atomic E-state index is 12.6. The summed E-state index contributed by atoms with van der Waals surface area (Å²) < 4.78 is 62.9. The van der Waals surface area contributed by atoms with Crippen LogP contribution >= 0.6 is 11.3 Å². The number of sulfonamides is 1. The number of thiazole rings is 1. The van der Waals surface area contributed by atoms with E-state index in [2.05, 4.69) is 9.97 Å². The lowest BCUT2D eigenvalue weighted by atomic mass is 10.4. The molecule has 12 heteroatoms. The third-order valence-corrected chi connectivity index (χ3v) is 5.84. The Morgan fingerprint density at radius 2 is 2.00 bits per heavy atom. The first-order chi connectivity index (χ1) is 10.7. The fourth-order valence-electron chi connectivity index (χ4n) is 2.23. The number of fused-ring (bicyclic) bond motifs is 1. The zero-order valence-corrected chi connectivity index (χ0v) is 13.2. The first-order valence-corrected chi connectivity index (χ1v) is 8.81. The van der Waals surface area contributed by atoms with Crippen LogP contribution in [0.3, 0.4) is 0 Å².